The second-order valence-corrected chi connectivity index (χ2v) is 5.02. The van der Waals surface area contributed by atoms with Crippen LogP contribution in [-0.2, 0) is 12.0 Å². The Morgan fingerprint density at radius 2 is 1.76 bits per heavy atom. The Hall–Kier alpha value is -1.73. The van der Waals surface area contributed by atoms with Gasteiger partial charge in [-0.15, -0.1) is 0 Å². The Morgan fingerprint density at radius 3 is 2.29 bits per heavy atom. The van der Waals surface area contributed by atoms with Crippen LogP contribution in [0.3, 0.4) is 0 Å². The molecule has 0 aromatic heterocycles. The van der Waals surface area contributed by atoms with Crippen LogP contribution in [0.4, 0.5) is 30.7 Å². The fraction of sp³-hybridized carbons (Fsp3) is 0.385. The molecule has 0 aliphatic carbocycles. The van der Waals surface area contributed by atoms with Crippen LogP contribution in [0, 0.1) is 11.6 Å². The zero-order valence-electron chi connectivity index (χ0n) is 10.7. The van der Waals surface area contributed by atoms with Gasteiger partial charge in [-0.2, -0.15) is 13.2 Å². The number of hydrogen-bond donors (Lipinski definition) is 1. The minimum atomic E-state index is -5.33. The van der Waals surface area contributed by atoms with Gasteiger partial charge in [0.1, 0.15) is 22.9 Å². The monoisotopic (exact) mass is 313 g/mol. The fourth-order valence-corrected chi connectivity index (χ4v) is 2.23. The Kier molecular flexibility index (Phi) is 3.46. The Bertz CT molecular complexity index is 591. The van der Waals surface area contributed by atoms with Crippen molar-refractivity contribution in [2.24, 2.45) is 0 Å². The molecule has 1 nitrogen and oxygen atoms in total. The zero-order valence-corrected chi connectivity index (χ0v) is 10.7. The van der Waals surface area contributed by atoms with Crippen LogP contribution in [0.25, 0.3) is 0 Å². The molecule has 2 unspecified atom stereocenters. The van der Waals surface area contributed by atoms with Gasteiger partial charge >= 0.3 is 6.18 Å². The molecule has 8 heteroatoms. The largest absolute Gasteiger partial charge is 0.422 e. The molecule has 0 radical (unpaired) electrons. The van der Waals surface area contributed by atoms with E-state index < -0.39 is 46.8 Å². The van der Waals surface area contributed by atoms with Gasteiger partial charge in [0, 0.05) is 12.0 Å². The van der Waals surface area contributed by atoms with E-state index in [1.165, 1.54) is 0 Å². The summed E-state index contributed by atoms with van der Waals surface area (Å²) in [6.45, 7) is 0.991. The molecule has 1 aromatic carbocycles. The molecule has 0 amide bonds. The highest BCUT2D eigenvalue weighted by molar-refractivity contribution is 5.35. The van der Waals surface area contributed by atoms with Crippen molar-refractivity contribution in [3.05, 3.63) is 47.2 Å². The summed E-state index contributed by atoms with van der Waals surface area (Å²) in [4.78, 5) is 0. The third-order valence-corrected chi connectivity index (χ3v) is 3.13. The molecule has 0 fully saturated rings. The predicted octanol–water partition coefficient (Wildman–Crippen LogP) is 4.34. The normalized spacial score (nSPS) is 29.3. The summed E-state index contributed by atoms with van der Waals surface area (Å²) in [5, 5.41) is 1.99. The summed E-state index contributed by atoms with van der Waals surface area (Å²) in [6, 6.07) is 0.834. The summed E-state index contributed by atoms with van der Waals surface area (Å²) < 4.78 is 93.4. The van der Waals surface area contributed by atoms with E-state index in [0.717, 1.165) is 19.2 Å². The fourth-order valence-electron chi connectivity index (χ4n) is 2.23. The maximum absolute atomic E-state index is 14.6. The highest BCUT2D eigenvalue weighted by Gasteiger charge is 2.47. The van der Waals surface area contributed by atoms with Crippen LogP contribution < -0.4 is 5.32 Å². The summed E-state index contributed by atoms with van der Waals surface area (Å²) in [7, 11) is 0. The van der Waals surface area contributed by atoms with Crippen molar-refractivity contribution < 1.29 is 30.7 Å². The number of hydrogen-bond acceptors (Lipinski definition) is 1. The van der Waals surface area contributed by atoms with Crippen molar-refractivity contribution in [2.45, 2.75) is 31.0 Å². The van der Waals surface area contributed by atoms with Gasteiger partial charge in [0.25, 0.3) is 0 Å². The second kappa shape index (κ2) is 4.64. The van der Waals surface area contributed by atoms with E-state index in [0.29, 0.717) is 12.1 Å². The standard InChI is InChI=1S/C13H10F7N/c1-11(16)4-5-21-12(17,6-11)7-2-3-8(14)9(10(7)15)13(18,19)20/h2-5,21H,6H2,1H3. The number of benzene rings is 1. The van der Waals surface area contributed by atoms with Gasteiger partial charge in [-0.1, -0.05) is 0 Å². The smallest absolute Gasteiger partial charge is 0.356 e. The molecule has 0 saturated carbocycles. The van der Waals surface area contributed by atoms with Crippen molar-refractivity contribution in [3.63, 3.8) is 0 Å². The summed E-state index contributed by atoms with van der Waals surface area (Å²) in [6.07, 6.45) is -4.48. The number of halogens is 7. The minimum Gasteiger partial charge on any atom is -0.356 e. The predicted molar refractivity (Wildman–Crippen MR) is 60.6 cm³/mol. The van der Waals surface area contributed by atoms with Gasteiger partial charge in [0.2, 0.25) is 5.79 Å². The van der Waals surface area contributed by atoms with Crippen LogP contribution in [0.1, 0.15) is 24.5 Å². The Balaban J connectivity index is 2.59. The van der Waals surface area contributed by atoms with Gasteiger partial charge < -0.3 is 5.32 Å². The van der Waals surface area contributed by atoms with Crippen molar-refractivity contribution in [1.82, 2.24) is 5.32 Å². The topological polar surface area (TPSA) is 12.0 Å². The molecule has 1 aliphatic rings. The van der Waals surface area contributed by atoms with Gasteiger partial charge in [-0.25, -0.2) is 17.6 Å². The lowest BCUT2D eigenvalue weighted by atomic mass is 9.88. The molecule has 2 atom stereocenters. The maximum Gasteiger partial charge on any atom is 0.422 e. The summed E-state index contributed by atoms with van der Waals surface area (Å²) in [5.41, 5.74) is -5.47. The van der Waals surface area contributed by atoms with E-state index in [-0.39, 0.29) is 0 Å². The molecule has 1 heterocycles. The molecule has 0 spiro atoms. The first-order valence-corrected chi connectivity index (χ1v) is 5.85. The summed E-state index contributed by atoms with van der Waals surface area (Å²) >= 11 is 0. The van der Waals surface area contributed by atoms with E-state index in [2.05, 4.69) is 0 Å². The zero-order chi connectivity index (χ0) is 16.1. The van der Waals surface area contributed by atoms with E-state index in [1.807, 2.05) is 5.32 Å². The number of rotatable bonds is 1. The van der Waals surface area contributed by atoms with Crippen LogP contribution in [-0.4, -0.2) is 5.67 Å². The number of allylic oxidation sites excluding steroid dienone is 1. The number of alkyl halides is 5. The molecule has 21 heavy (non-hydrogen) atoms. The lowest BCUT2D eigenvalue weighted by molar-refractivity contribution is -0.142. The first-order chi connectivity index (χ1) is 9.46. The molecule has 1 N–H and O–H groups in total. The van der Waals surface area contributed by atoms with E-state index >= 15 is 0 Å². The van der Waals surface area contributed by atoms with Crippen molar-refractivity contribution in [3.8, 4) is 0 Å². The van der Waals surface area contributed by atoms with Crippen molar-refractivity contribution in [1.29, 1.82) is 0 Å². The van der Waals surface area contributed by atoms with Gasteiger partial charge in [-0.05, 0) is 31.3 Å². The molecule has 1 aromatic rings. The quantitative estimate of drug-likeness (QED) is 0.601. The van der Waals surface area contributed by atoms with Crippen LogP contribution >= 0.6 is 0 Å². The third-order valence-electron chi connectivity index (χ3n) is 3.13. The SMILES string of the molecule is CC1(F)C=CNC(F)(c2ccc(F)c(C(F)(F)F)c2F)C1. The summed E-state index contributed by atoms with van der Waals surface area (Å²) in [5.74, 6) is -6.86. The first-order valence-electron chi connectivity index (χ1n) is 5.85. The third kappa shape index (κ3) is 2.84. The Morgan fingerprint density at radius 1 is 1.14 bits per heavy atom. The molecule has 1 aliphatic heterocycles. The average molecular weight is 313 g/mol. The van der Waals surface area contributed by atoms with Gasteiger partial charge in [0.15, 0.2) is 0 Å². The molecule has 0 bridgehead atoms. The molecule has 116 valence electrons. The lowest BCUT2D eigenvalue weighted by Crippen LogP contribution is -2.44. The molecular weight excluding hydrogens is 303 g/mol. The van der Waals surface area contributed by atoms with Crippen LogP contribution in [0.2, 0.25) is 0 Å². The number of nitrogens with one attached hydrogen (secondary N) is 1. The maximum atomic E-state index is 14.6. The van der Waals surface area contributed by atoms with E-state index in [4.69, 9.17) is 0 Å². The van der Waals surface area contributed by atoms with E-state index in [1.54, 1.807) is 0 Å². The first kappa shape index (κ1) is 15.7. The van der Waals surface area contributed by atoms with E-state index in [9.17, 15) is 30.7 Å². The second-order valence-electron chi connectivity index (χ2n) is 5.02. The molecule has 2 rings (SSSR count). The minimum absolute atomic E-state index is 0.304. The highest BCUT2D eigenvalue weighted by Crippen LogP contribution is 2.42. The average Bonchev–Trinajstić information content (AvgIpc) is 2.24. The molecule has 0 saturated heterocycles. The lowest BCUT2D eigenvalue weighted by Gasteiger charge is -2.35. The Labute approximate surface area is 115 Å². The van der Waals surface area contributed by atoms with Crippen LogP contribution in [0.15, 0.2) is 24.4 Å². The van der Waals surface area contributed by atoms with Crippen molar-refractivity contribution >= 4 is 0 Å². The van der Waals surface area contributed by atoms with Gasteiger partial charge in [0.05, 0.1) is 0 Å². The highest BCUT2D eigenvalue weighted by atomic mass is 19.4. The molecular formula is C13H10F7N. The van der Waals surface area contributed by atoms with Gasteiger partial charge in [-0.3, -0.25) is 0 Å². The van der Waals surface area contributed by atoms with Crippen molar-refractivity contribution in [2.75, 3.05) is 0 Å². The van der Waals surface area contributed by atoms with Crippen LogP contribution in [0.5, 0.6) is 0 Å².